The highest BCUT2D eigenvalue weighted by molar-refractivity contribution is 6.30. The van der Waals surface area contributed by atoms with Crippen molar-refractivity contribution in [3.63, 3.8) is 0 Å². The second kappa shape index (κ2) is 9.85. The van der Waals surface area contributed by atoms with Crippen LogP contribution in [0.5, 0.6) is 17.4 Å². The van der Waals surface area contributed by atoms with Crippen molar-refractivity contribution < 1.29 is 19.4 Å². The molecule has 5 rings (SSSR count). The first-order chi connectivity index (χ1) is 17.4. The van der Waals surface area contributed by atoms with Gasteiger partial charge in [-0.05, 0) is 55.0 Å². The maximum atomic E-state index is 13.6. The van der Waals surface area contributed by atoms with Crippen molar-refractivity contribution >= 4 is 17.5 Å². The third-order valence-electron chi connectivity index (χ3n) is 6.96. The molecule has 1 saturated carbocycles. The molecule has 2 fully saturated rings. The number of nitrogens with zero attached hydrogens (tertiary/aromatic N) is 3. The van der Waals surface area contributed by atoms with Gasteiger partial charge in [-0.1, -0.05) is 29.8 Å². The molecule has 2 aromatic carbocycles. The highest BCUT2D eigenvalue weighted by Gasteiger charge is 2.34. The van der Waals surface area contributed by atoms with E-state index in [2.05, 4.69) is 4.98 Å². The number of methoxy groups -OCH3 is 2. The van der Waals surface area contributed by atoms with E-state index in [1.807, 2.05) is 24.3 Å². The van der Waals surface area contributed by atoms with Gasteiger partial charge >= 0.3 is 0 Å². The lowest BCUT2D eigenvalue weighted by Gasteiger charge is -2.22. The summed E-state index contributed by atoms with van der Waals surface area (Å²) in [6.07, 6.45) is 3.30. The molecular weight excluding hydrogens is 482 g/mol. The van der Waals surface area contributed by atoms with Crippen molar-refractivity contribution in [3.05, 3.63) is 74.8 Å². The fraction of sp³-hybridized carbons (Fsp3) is 0.370. The molecule has 0 bridgehead atoms. The number of benzene rings is 2. The van der Waals surface area contributed by atoms with Gasteiger partial charge < -0.3 is 19.5 Å². The van der Waals surface area contributed by atoms with Crippen LogP contribution in [0, 0.1) is 5.92 Å². The molecule has 1 atom stereocenters. The number of hydrogen-bond acceptors (Lipinski definition) is 6. The van der Waals surface area contributed by atoms with Gasteiger partial charge in [-0.15, -0.1) is 0 Å². The van der Waals surface area contributed by atoms with Gasteiger partial charge in [-0.25, -0.2) is 0 Å². The summed E-state index contributed by atoms with van der Waals surface area (Å²) in [5.74, 6) is 0.731. The number of rotatable bonds is 7. The Morgan fingerprint density at radius 3 is 2.36 bits per heavy atom. The Morgan fingerprint density at radius 2 is 1.75 bits per heavy atom. The van der Waals surface area contributed by atoms with Gasteiger partial charge in [-0.3, -0.25) is 14.2 Å². The summed E-state index contributed by atoms with van der Waals surface area (Å²) in [5, 5.41) is 12.1. The lowest BCUT2D eigenvalue weighted by Crippen LogP contribution is -2.35. The summed E-state index contributed by atoms with van der Waals surface area (Å²) in [5.41, 5.74) is 0.401. The van der Waals surface area contributed by atoms with Crippen molar-refractivity contribution in [2.45, 2.75) is 31.6 Å². The number of para-hydroxylation sites is 1. The number of hydrogen-bond donors (Lipinski definition) is 1. The largest absolute Gasteiger partial charge is 0.494 e. The molecule has 9 heteroatoms. The molecular formula is C27H28ClN3O5. The summed E-state index contributed by atoms with van der Waals surface area (Å²) in [6, 6.07) is 12.8. The summed E-state index contributed by atoms with van der Waals surface area (Å²) >= 11 is 6.01. The first-order valence-corrected chi connectivity index (χ1v) is 12.4. The van der Waals surface area contributed by atoms with E-state index in [1.54, 1.807) is 23.1 Å². The van der Waals surface area contributed by atoms with Crippen LogP contribution >= 0.6 is 11.6 Å². The number of aromatic hydroxyl groups is 1. The van der Waals surface area contributed by atoms with Crippen LogP contribution in [-0.2, 0) is 6.42 Å². The maximum Gasteiger partial charge on any atom is 0.289 e. The monoisotopic (exact) mass is 509 g/mol. The lowest BCUT2D eigenvalue weighted by atomic mass is 9.99. The Kier molecular flexibility index (Phi) is 6.62. The van der Waals surface area contributed by atoms with Crippen LogP contribution in [0.15, 0.2) is 47.3 Å². The zero-order valence-electron chi connectivity index (χ0n) is 20.2. The molecule has 2 heterocycles. The van der Waals surface area contributed by atoms with Crippen LogP contribution in [0.1, 0.15) is 46.9 Å². The minimum Gasteiger partial charge on any atom is -0.494 e. The van der Waals surface area contributed by atoms with Gasteiger partial charge in [0.05, 0.1) is 14.2 Å². The Labute approximate surface area is 214 Å². The van der Waals surface area contributed by atoms with E-state index in [9.17, 15) is 14.7 Å². The quantitative estimate of drug-likeness (QED) is 0.513. The van der Waals surface area contributed by atoms with Crippen molar-refractivity contribution in [2.24, 2.45) is 5.92 Å². The van der Waals surface area contributed by atoms with Gasteiger partial charge in [0.15, 0.2) is 5.56 Å². The average Bonchev–Trinajstić information content (AvgIpc) is 3.55. The lowest BCUT2D eigenvalue weighted by molar-refractivity contribution is 0.0784. The first-order valence-electron chi connectivity index (χ1n) is 12.0. The number of halogens is 1. The predicted molar refractivity (Wildman–Crippen MR) is 136 cm³/mol. The average molecular weight is 510 g/mol. The minimum atomic E-state index is -0.729. The number of ether oxygens (including phenoxy) is 2. The Bertz CT molecular complexity index is 1330. The number of carbonyl (C=O) groups excluding carboxylic acids is 1. The van der Waals surface area contributed by atoms with Crippen LogP contribution in [0.4, 0.5) is 0 Å². The zero-order valence-corrected chi connectivity index (χ0v) is 21.0. The molecule has 2 aliphatic rings. The third kappa shape index (κ3) is 4.53. The number of amides is 1. The molecule has 0 spiro atoms. The normalized spacial score (nSPS) is 17.3. The van der Waals surface area contributed by atoms with E-state index < -0.39 is 17.3 Å². The minimum absolute atomic E-state index is 0.118. The fourth-order valence-electron chi connectivity index (χ4n) is 4.85. The van der Waals surface area contributed by atoms with Gasteiger partial charge in [-0.2, -0.15) is 4.98 Å². The van der Waals surface area contributed by atoms with Gasteiger partial charge in [0.25, 0.3) is 11.5 Å². The molecule has 0 radical (unpaired) electrons. The zero-order chi connectivity index (χ0) is 25.4. The molecule has 1 amide bonds. The predicted octanol–water partition coefficient (Wildman–Crippen LogP) is 4.19. The summed E-state index contributed by atoms with van der Waals surface area (Å²) < 4.78 is 12.5. The fourth-order valence-corrected chi connectivity index (χ4v) is 4.98. The van der Waals surface area contributed by atoms with Crippen LogP contribution in [0.25, 0.3) is 5.69 Å². The molecule has 1 aliphatic carbocycles. The smallest absolute Gasteiger partial charge is 0.289 e. The first kappa shape index (κ1) is 24.2. The topological polar surface area (TPSA) is 93.9 Å². The highest BCUT2D eigenvalue weighted by atomic mass is 35.5. The molecule has 1 aromatic heterocycles. The summed E-state index contributed by atoms with van der Waals surface area (Å²) in [6.45, 7) is 0.897. The van der Waals surface area contributed by atoms with E-state index in [4.69, 9.17) is 21.1 Å². The summed E-state index contributed by atoms with van der Waals surface area (Å²) in [7, 11) is 3.03. The standard InChI is InChI=1S/C27H28ClN3O5/c1-35-20-4-3-5-21(36-2)24(20)31-22(14-16-6-7-16)29-25(32)23(27(31)34)26(33)30-13-12-18(15-30)17-8-10-19(28)11-9-17/h3-5,8-11,16,18,34H,6-7,12-15H2,1-2H3. The van der Waals surface area contributed by atoms with E-state index in [0.29, 0.717) is 53.5 Å². The Morgan fingerprint density at radius 1 is 1.08 bits per heavy atom. The molecule has 1 saturated heterocycles. The van der Waals surface area contributed by atoms with E-state index in [1.165, 1.54) is 18.8 Å². The number of carbonyl (C=O) groups is 1. The molecule has 1 aliphatic heterocycles. The van der Waals surface area contributed by atoms with Crippen LogP contribution < -0.4 is 15.0 Å². The van der Waals surface area contributed by atoms with E-state index >= 15 is 0 Å². The summed E-state index contributed by atoms with van der Waals surface area (Å²) in [4.78, 5) is 32.6. The maximum absolute atomic E-state index is 13.6. The van der Waals surface area contributed by atoms with Crippen molar-refractivity contribution in [1.29, 1.82) is 0 Å². The van der Waals surface area contributed by atoms with Crippen LogP contribution in [0.3, 0.4) is 0 Å². The Hall–Kier alpha value is -3.52. The van der Waals surface area contributed by atoms with Crippen molar-refractivity contribution in [3.8, 4) is 23.1 Å². The van der Waals surface area contributed by atoms with Gasteiger partial charge in [0, 0.05) is 30.5 Å². The van der Waals surface area contributed by atoms with E-state index in [0.717, 1.165) is 24.8 Å². The second-order valence-corrected chi connectivity index (χ2v) is 9.75. The molecule has 188 valence electrons. The van der Waals surface area contributed by atoms with Crippen molar-refractivity contribution in [2.75, 3.05) is 27.3 Å². The third-order valence-corrected chi connectivity index (χ3v) is 7.21. The second-order valence-electron chi connectivity index (χ2n) is 9.31. The highest BCUT2D eigenvalue weighted by Crippen LogP contribution is 2.39. The van der Waals surface area contributed by atoms with Gasteiger partial charge in [0.2, 0.25) is 5.88 Å². The van der Waals surface area contributed by atoms with Gasteiger partial charge in [0.1, 0.15) is 23.0 Å². The molecule has 1 N–H and O–H groups in total. The number of likely N-dealkylation sites (tertiary alicyclic amines) is 1. The SMILES string of the molecule is COc1cccc(OC)c1-n1c(CC2CC2)nc(=O)c(C(=O)N2CCC(c3ccc(Cl)cc3)C2)c1O. The molecule has 8 nitrogen and oxygen atoms in total. The number of aromatic nitrogens is 2. The van der Waals surface area contributed by atoms with Crippen molar-refractivity contribution in [1.82, 2.24) is 14.5 Å². The van der Waals surface area contributed by atoms with Crippen LogP contribution in [0.2, 0.25) is 5.02 Å². The Balaban J connectivity index is 1.56. The van der Waals surface area contributed by atoms with Crippen LogP contribution in [-0.4, -0.2) is 52.8 Å². The van der Waals surface area contributed by atoms with E-state index in [-0.39, 0.29) is 11.5 Å². The molecule has 36 heavy (non-hydrogen) atoms. The molecule has 3 aromatic rings. The molecule has 1 unspecified atom stereocenters.